The van der Waals surface area contributed by atoms with Gasteiger partial charge in [0.2, 0.25) is 5.89 Å². The van der Waals surface area contributed by atoms with Gasteiger partial charge in [-0.15, -0.1) is 0 Å². The predicted molar refractivity (Wildman–Crippen MR) is 67.0 cm³/mol. The normalized spacial score (nSPS) is 12.6. The van der Waals surface area contributed by atoms with Crippen molar-refractivity contribution in [3.8, 4) is 0 Å². The van der Waals surface area contributed by atoms with Crippen LogP contribution in [0.5, 0.6) is 0 Å². The van der Waals surface area contributed by atoms with Gasteiger partial charge in [0.1, 0.15) is 6.04 Å². The summed E-state index contributed by atoms with van der Waals surface area (Å²) in [5.74, 6) is 1.07. The highest BCUT2D eigenvalue weighted by molar-refractivity contribution is 5.22. The van der Waals surface area contributed by atoms with Gasteiger partial charge in [0.05, 0.1) is 6.61 Å². The summed E-state index contributed by atoms with van der Waals surface area (Å²) < 4.78 is 10.4. The first-order valence-electron chi connectivity index (χ1n) is 6.02. The molecule has 2 rings (SSSR count). The molecule has 0 aliphatic carbocycles. The van der Waals surface area contributed by atoms with Crippen LogP contribution in [-0.2, 0) is 11.2 Å². The molecule has 0 spiro atoms. The van der Waals surface area contributed by atoms with Crippen molar-refractivity contribution in [2.45, 2.75) is 19.4 Å². The minimum atomic E-state index is -0.375. The van der Waals surface area contributed by atoms with Crippen LogP contribution in [0, 0.1) is 0 Å². The van der Waals surface area contributed by atoms with Crippen LogP contribution in [-0.4, -0.2) is 23.4 Å². The van der Waals surface area contributed by atoms with E-state index >= 15 is 0 Å². The van der Waals surface area contributed by atoms with Gasteiger partial charge in [0.25, 0.3) is 0 Å². The first-order valence-corrected chi connectivity index (χ1v) is 6.02. The molecule has 18 heavy (non-hydrogen) atoms. The first kappa shape index (κ1) is 12.7. The van der Waals surface area contributed by atoms with E-state index < -0.39 is 0 Å². The van der Waals surface area contributed by atoms with Crippen molar-refractivity contribution in [3.63, 3.8) is 0 Å². The summed E-state index contributed by atoms with van der Waals surface area (Å²) in [6, 6.07) is 9.31. The van der Waals surface area contributed by atoms with Crippen LogP contribution in [0.15, 0.2) is 34.9 Å². The molecule has 96 valence electrons. The lowest BCUT2D eigenvalue weighted by molar-refractivity contribution is 0.149. The molecular formula is C13H17N3O2. The van der Waals surface area contributed by atoms with Crippen LogP contribution < -0.4 is 5.73 Å². The Labute approximate surface area is 106 Å². The molecule has 2 N–H and O–H groups in total. The number of aromatic nitrogens is 2. The zero-order valence-electron chi connectivity index (χ0n) is 10.4. The zero-order chi connectivity index (χ0) is 12.8. The van der Waals surface area contributed by atoms with Gasteiger partial charge in [-0.05, 0) is 12.5 Å². The van der Waals surface area contributed by atoms with Crippen molar-refractivity contribution in [1.29, 1.82) is 0 Å². The number of nitrogens with zero attached hydrogens (tertiary/aromatic N) is 2. The lowest BCUT2D eigenvalue weighted by Gasteiger charge is -2.05. The van der Waals surface area contributed by atoms with E-state index in [4.69, 9.17) is 15.0 Å². The molecule has 0 aliphatic rings. The van der Waals surface area contributed by atoms with Crippen LogP contribution in [0.3, 0.4) is 0 Å². The Bertz CT molecular complexity index is 470. The third-order valence-corrected chi connectivity index (χ3v) is 2.58. The first-order chi connectivity index (χ1) is 8.81. The smallest absolute Gasteiger partial charge is 0.248 e. The zero-order valence-corrected chi connectivity index (χ0v) is 10.4. The second-order valence-electron chi connectivity index (χ2n) is 3.88. The second kappa shape index (κ2) is 6.28. The maximum atomic E-state index is 6.06. The summed E-state index contributed by atoms with van der Waals surface area (Å²) in [6.07, 6.45) is 0.638. The molecule has 1 heterocycles. The topological polar surface area (TPSA) is 74.2 Å². The van der Waals surface area contributed by atoms with Crippen LogP contribution in [0.2, 0.25) is 0 Å². The van der Waals surface area contributed by atoms with Crippen molar-refractivity contribution in [2.75, 3.05) is 13.2 Å². The van der Waals surface area contributed by atoms with Gasteiger partial charge >= 0.3 is 0 Å². The van der Waals surface area contributed by atoms with E-state index in [-0.39, 0.29) is 6.04 Å². The fourth-order valence-corrected chi connectivity index (χ4v) is 1.61. The molecule has 1 aromatic carbocycles. The van der Waals surface area contributed by atoms with E-state index in [9.17, 15) is 0 Å². The lowest BCUT2D eigenvalue weighted by atomic mass is 10.1. The SMILES string of the molecule is CCOCCc1noc(C(N)c2ccccc2)n1. The summed E-state index contributed by atoms with van der Waals surface area (Å²) in [6.45, 7) is 3.23. The summed E-state index contributed by atoms with van der Waals surface area (Å²) >= 11 is 0. The molecule has 1 aromatic heterocycles. The maximum absolute atomic E-state index is 6.06. The van der Waals surface area contributed by atoms with Gasteiger partial charge in [-0.3, -0.25) is 0 Å². The fraction of sp³-hybridized carbons (Fsp3) is 0.385. The molecule has 1 atom stereocenters. The number of ether oxygens (including phenoxy) is 1. The van der Waals surface area contributed by atoms with E-state index in [2.05, 4.69) is 10.1 Å². The van der Waals surface area contributed by atoms with Crippen LogP contribution in [0.4, 0.5) is 0 Å². The Kier molecular flexibility index (Phi) is 4.44. The van der Waals surface area contributed by atoms with Gasteiger partial charge < -0.3 is 15.0 Å². The minimum absolute atomic E-state index is 0.375. The van der Waals surface area contributed by atoms with Crippen LogP contribution >= 0.6 is 0 Å². The molecular weight excluding hydrogens is 230 g/mol. The Hall–Kier alpha value is -1.72. The van der Waals surface area contributed by atoms with Crippen molar-refractivity contribution in [3.05, 3.63) is 47.6 Å². The molecule has 0 radical (unpaired) electrons. The average molecular weight is 247 g/mol. The fourth-order valence-electron chi connectivity index (χ4n) is 1.61. The molecule has 0 fully saturated rings. The number of hydrogen-bond acceptors (Lipinski definition) is 5. The van der Waals surface area contributed by atoms with E-state index in [1.165, 1.54) is 0 Å². The molecule has 0 saturated carbocycles. The number of nitrogens with two attached hydrogens (primary N) is 1. The predicted octanol–water partition coefficient (Wildman–Crippen LogP) is 1.70. The Morgan fingerprint density at radius 1 is 1.33 bits per heavy atom. The van der Waals surface area contributed by atoms with Gasteiger partial charge in [-0.25, -0.2) is 0 Å². The Morgan fingerprint density at radius 3 is 2.83 bits per heavy atom. The van der Waals surface area contributed by atoms with Crippen molar-refractivity contribution in [2.24, 2.45) is 5.73 Å². The maximum Gasteiger partial charge on any atom is 0.248 e. The van der Waals surface area contributed by atoms with Gasteiger partial charge in [0.15, 0.2) is 5.82 Å². The summed E-state index contributed by atoms with van der Waals surface area (Å²) in [4.78, 5) is 4.28. The van der Waals surface area contributed by atoms with Gasteiger partial charge in [0, 0.05) is 13.0 Å². The van der Waals surface area contributed by atoms with Crippen LogP contribution in [0.25, 0.3) is 0 Å². The third kappa shape index (κ3) is 3.15. The Morgan fingerprint density at radius 2 is 2.11 bits per heavy atom. The quantitative estimate of drug-likeness (QED) is 0.786. The summed E-state index contributed by atoms with van der Waals surface area (Å²) in [5.41, 5.74) is 7.01. The lowest BCUT2D eigenvalue weighted by Crippen LogP contribution is -2.12. The molecule has 5 heteroatoms. The van der Waals surface area contributed by atoms with E-state index in [0.717, 1.165) is 5.56 Å². The molecule has 1 unspecified atom stereocenters. The number of benzene rings is 1. The van der Waals surface area contributed by atoms with E-state index in [1.54, 1.807) is 0 Å². The number of hydrogen-bond donors (Lipinski definition) is 1. The van der Waals surface area contributed by atoms with Gasteiger partial charge in [-0.2, -0.15) is 4.98 Å². The summed E-state index contributed by atoms with van der Waals surface area (Å²) in [7, 11) is 0. The minimum Gasteiger partial charge on any atom is -0.381 e. The molecule has 0 amide bonds. The highest BCUT2D eigenvalue weighted by Crippen LogP contribution is 2.17. The van der Waals surface area contributed by atoms with E-state index in [0.29, 0.717) is 31.3 Å². The second-order valence-corrected chi connectivity index (χ2v) is 3.88. The standard InChI is InChI=1S/C13H17N3O2/c1-2-17-9-8-11-15-13(18-16-11)12(14)10-6-4-3-5-7-10/h3-7,12H,2,8-9,14H2,1H3. The molecule has 2 aromatic rings. The Balaban J connectivity index is 2.01. The monoisotopic (exact) mass is 247 g/mol. The third-order valence-electron chi connectivity index (χ3n) is 2.58. The van der Waals surface area contributed by atoms with E-state index in [1.807, 2.05) is 37.3 Å². The molecule has 0 saturated heterocycles. The van der Waals surface area contributed by atoms with Crippen LogP contribution in [0.1, 0.15) is 30.2 Å². The molecule has 0 aliphatic heterocycles. The highest BCUT2D eigenvalue weighted by Gasteiger charge is 2.16. The molecule has 0 bridgehead atoms. The highest BCUT2D eigenvalue weighted by atomic mass is 16.5. The van der Waals surface area contributed by atoms with Crippen molar-refractivity contribution >= 4 is 0 Å². The van der Waals surface area contributed by atoms with Crippen molar-refractivity contribution < 1.29 is 9.26 Å². The van der Waals surface area contributed by atoms with Gasteiger partial charge in [-0.1, -0.05) is 35.5 Å². The summed E-state index contributed by atoms with van der Waals surface area (Å²) in [5, 5.41) is 3.89. The molecule has 5 nitrogen and oxygen atoms in total. The number of rotatable bonds is 6. The van der Waals surface area contributed by atoms with Crippen molar-refractivity contribution in [1.82, 2.24) is 10.1 Å². The average Bonchev–Trinajstić information content (AvgIpc) is 2.88. The largest absolute Gasteiger partial charge is 0.381 e.